The molecule has 0 spiro atoms. The van der Waals surface area contributed by atoms with E-state index in [4.69, 9.17) is 4.74 Å². The van der Waals surface area contributed by atoms with Crippen LogP contribution in [0.25, 0.3) is 0 Å². The first kappa shape index (κ1) is 27.7. The van der Waals surface area contributed by atoms with Crippen LogP contribution in [0.15, 0.2) is 0 Å². The first-order chi connectivity index (χ1) is 13.6. The number of nitrogens with one attached hydrogen (secondary N) is 1. The van der Waals surface area contributed by atoms with Gasteiger partial charge in [-0.05, 0) is 33.6 Å². The molecule has 0 bridgehead atoms. The van der Waals surface area contributed by atoms with Crippen molar-refractivity contribution in [3.63, 3.8) is 0 Å². The lowest BCUT2D eigenvalue weighted by atomic mass is 10.1. The Bertz CT molecular complexity index is 554. The maximum absolute atomic E-state index is 11.5. The van der Waals surface area contributed by atoms with E-state index in [9.17, 15) is 18.0 Å². The number of hydrogen-bond donors (Lipinski definition) is 1. The summed E-state index contributed by atoms with van der Waals surface area (Å²) in [7, 11) is -3.70. The smallest absolute Gasteiger partial charge is 0.407 e. The van der Waals surface area contributed by atoms with E-state index in [0.717, 1.165) is 38.5 Å². The minimum Gasteiger partial charge on any atom is -0.444 e. The van der Waals surface area contributed by atoms with Crippen molar-refractivity contribution in [2.24, 2.45) is 0 Å². The van der Waals surface area contributed by atoms with Crippen LogP contribution in [-0.4, -0.2) is 38.4 Å². The molecule has 0 fully saturated rings. The first-order valence-electron chi connectivity index (χ1n) is 11.0. The summed E-state index contributed by atoms with van der Waals surface area (Å²) in [5, 5.41) is 2.77. The third-order valence-electron chi connectivity index (χ3n) is 4.25. The van der Waals surface area contributed by atoms with Crippen LogP contribution in [0.3, 0.4) is 0 Å². The normalized spacial score (nSPS) is 11.9. The van der Waals surface area contributed by atoms with Gasteiger partial charge in [-0.1, -0.05) is 64.7 Å². The second-order valence-corrected chi connectivity index (χ2v) is 10.1. The van der Waals surface area contributed by atoms with E-state index in [-0.39, 0.29) is 18.3 Å². The van der Waals surface area contributed by atoms with Crippen molar-refractivity contribution in [3.05, 3.63) is 0 Å². The molecule has 0 aromatic rings. The maximum Gasteiger partial charge on any atom is 0.407 e. The molecule has 0 radical (unpaired) electrons. The van der Waals surface area contributed by atoms with E-state index in [1.54, 1.807) is 6.92 Å². The van der Waals surface area contributed by atoms with Crippen LogP contribution < -0.4 is 5.32 Å². The molecule has 29 heavy (non-hydrogen) atoms. The summed E-state index contributed by atoms with van der Waals surface area (Å²) < 4.78 is 32.7. The first-order valence-corrected chi connectivity index (χ1v) is 12.6. The van der Waals surface area contributed by atoms with Gasteiger partial charge in [-0.2, -0.15) is 8.42 Å². The average molecular weight is 436 g/mol. The van der Waals surface area contributed by atoms with Gasteiger partial charge in [0.15, 0.2) is 0 Å². The molecule has 0 heterocycles. The zero-order valence-corrected chi connectivity index (χ0v) is 19.6. The monoisotopic (exact) mass is 435 g/mol. The molecule has 0 unspecified atom stereocenters. The molecule has 0 aliphatic rings. The third kappa shape index (κ3) is 19.8. The summed E-state index contributed by atoms with van der Waals surface area (Å²) >= 11 is 0. The molecular weight excluding hydrogens is 394 g/mol. The van der Waals surface area contributed by atoms with Gasteiger partial charge in [-0.25, -0.2) is 4.79 Å². The quantitative estimate of drug-likeness (QED) is 0.268. The molecule has 0 rings (SSSR count). The summed E-state index contributed by atoms with van der Waals surface area (Å²) in [6.45, 7) is 7.78. The van der Waals surface area contributed by atoms with Crippen molar-refractivity contribution in [2.75, 3.05) is 12.3 Å². The van der Waals surface area contributed by atoms with Gasteiger partial charge >= 0.3 is 22.2 Å². The van der Waals surface area contributed by atoms with E-state index in [2.05, 4.69) is 9.50 Å². The minimum absolute atomic E-state index is 0.0716. The number of hydrogen-bond acceptors (Lipinski definition) is 6. The third-order valence-corrected chi connectivity index (χ3v) is 5.48. The van der Waals surface area contributed by atoms with Crippen LogP contribution in [0.4, 0.5) is 4.79 Å². The van der Waals surface area contributed by atoms with E-state index in [0.29, 0.717) is 13.0 Å². The average Bonchev–Trinajstić information content (AvgIpc) is 2.59. The molecule has 1 N–H and O–H groups in total. The van der Waals surface area contributed by atoms with E-state index in [1.807, 2.05) is 20.8 Å². The van der Waals surface area contributed by atoms with Crippen LogP contribution in [0.5, 0.6) is 0 Å². The summed E-state index contributed by atoms with van der Waals surface area (Å²) in [5.41, 5.74) is -0.453. The SMILES string of the molecule is CCC(=O)OS(=O)(=O)CCCCCCCCCCCCCNC(=O)OC(C)(C)C. The van der Waals surface area contributed by atoms with Crippen LogP contribution in [0.1, 0.15) is 105 Å². The molecule has 0 saturated heterocycles. The lowest BCUT2D eigenvalue weighted by Gasteiger charge is -2.19. The van der Waals surface area contributed by atoms with Gasteiger partial charge in [0.25, 0.3) is 0 Å². The predicted octanol–water partition coefficient (Wildman–Crippen LogP) is 5.09. The van der Waals surface area contributed by atoms with Gasteiger partial charge < -0.3 is 14.2 Å². The maximum atomic E-state index is 11.5. The van der Waals surface area contributed by atoms with Crippen molar-refractivity contribution in [1.82, 2.24) is 5.32 Å². The van der Waals surface area contributed by atoms with Crippen molar-refractivity contribution in [1.29, 1.82) is 0 Å². The highest BCUT2D eigenvalue weighted by atomic mass is 32.2. The van der Waals surface area contributed by atoms with Gasteiger partial charge in [0.2, 0.25) is 0 Å². The molecule has 8 heteroatoms. The van der Waals surface area contributed by atoms with Crippen molar-refractivity contribution in [3.8, 4) is 0 Å². The largest absolute Gasteiger partial charge is 0.444 e. The fraction of sp³-hybridized carbons (Fsp3) is 0.905. The Kier molecular flexibility index (Phi) is 14.8. The fourth-order valence-corrected chi connectivity index (χ4v) is 3.78. The predicted molar refractivity (Wildman–Crippen MR) is 115 cm³/mol. The Morgan fingerprint density at radius 1 is 0.793 bits per heavy atom. The number of carbonyl (C=O) groups is 2. The molecule has 1 amide bonds. The highest BCUT2D eigenvalue weighted by molar-refractivity contribution is 7.87. The second-order valence-electron chi connectivity index (χ2n) is 8.39. The number of ether oxygens (including phenoxy) is 1. The Balaban J connectivity index is 3.38. The summed E-state index contributed by atoms with van der Waals surface area (Å²) in [4.78, 5) is 22.5. The lowest BCUT2D eigenvalue weighted by molar-refractivity contribution is -0.133. The van der Waals surface area contributed by atoms with Crippen LogP contribution in [0.2, 0.25) is 0 Å². The van der Waals surface area contributed by atoms with Crippen LogP contribution >= 0.6 is 0 Å². The topological polar surface area (TPSA) is 98.8 Å². The van der Waals surface area contributed by atoms with E-state index < -0.39 is 21.7 Å². The molecule has 172 valence electrons. The highest BCUT2D eigenvalue weighted by Crippen LogP contribution is 2.12. The van der Waals surface area contributed by atoms with Gasteiger partial charge in [0, 0.05) is 13.0 Å². The summed E-state index contributed by atoms with van der Waals surface area (Å²) in [6.07, 6.45) is 11.2. The second kappa shape index (κ2) is 15.5. The number of amides is 1. The zero-order chi connectivity index (χ0) is 22.2. The van der Waals surface area contributed by atoms with Crippen molar-refractivity contribution < 1.29 is 26.9 Å². The Labute approximate surface area is 177 Å². The van der Waals surface area contributed by atoms with Gasteiger partial charge in [-0.3, -0.25) is 4.79 Å². The number of rotatable bonds is 16. The Morgan fingerprint density at radius 3 is 1.69 bits per heavy atom. The fourth-order valence-electron chi connectivity index (χ4n) is 2.74. The van der Waals surface area contributed by atoms with Crippen LogP contribution in [0, 0.1) is 0 Å². The lowest BCUT2D eigenvalue weighted by Crippen LogP contribution is -2.32. The Morgan fingerprint density at radius 2 is 1.24 bits per heavy atom. The van der Waals surface area contributed by atoms with Gasteiger partial charge in [0.05, 0.1) is 5.75 Å². The molecular formula is C21H41NO6S. The zero-order valence-electron chi connectivity index (χ0n) is 18.8. The van der Waals surface area contributed by atoms with Gasteiger partial charge in [-0.15, -0.1) is 0 Å². The molecule has 7 nitrogen and oxygen atoms in total. The molecule has 0 saturated carbocycles. The molecule has 0 aromatic heterocycles. The van der Waals surface area contributed by atoms with Crippen molar-refractivity contribution in [2.45, 2.75) is 110 Å². The molecule has 0 aliphatic heterocycles. The molecule has 0 aromatic carbocycles. The minimum atomic E-state index is -3.70. The van der Waals surface area contributed by atoms with Crippen molar-refractivity contribution >= 4 is 22.2 Å². The standard InChI is InChI=1S/C21H41NO6S/c1-5-19(23)28-29(25,26)18-16-14-12-10-8-6-7-9-11-13-15-17-22-20(24)27-21(2,3)4/h5-18H2,1-4H3,(H,22,24). The van der Waals surface area contributed by atoms with E-state index in [1.165, 1.54) is 25.7 Å². The highest BCUT2D eigenvalue weighted by Gasteiger charge is 2.16. The number of alkyl carbamates (subject to hydrolysis) is 1. The molecule has 0 atom stereocenters. The number of unbranched alkanes of at least 4 members (excludes halogenated alkanes) is 10. The van der Waals surface area contributed by atoms with Gasteiger partial charge in [0.1, 0.15) is 5.60 Å². The summed E-state index contributed by atoms with van der Waals surface area (Å²) in [6, 6.07) is 0. The van der Waals surface area contributed by atoms with E-state index >= 15 is 0 Å². The summed E-state index contributed by atoms with van der Waals surface area (Å²) in [5.74, 6) is -0.772. The molecule has 0 aliphatic carbocycles. The Hall–Kier alpha value is -1.31. The van der Waals surface area contributed by atoms with Crippen LogP contribution in [-0.2, 0) is 23.8 Å². The number of carbonyl (C=O) groups excluding carboxylic acids is 2.